The number of anilines is 3. The quantitative estimate of drug-likeness (QED) is 0.243. The summed E-state index contributed by atoms with van der Waals surface area (Å²) in [5, 5.41) is 24.5. The number of carbonyl (C=O) groups excluding carboxylic acids is 1. The molecule has 4 aromatic carbocycles. The fourth-order valence-electron chi connectivity index (χ4n) is 4.16. The Hall–Kier alpha value is -5.18. The van der Waals surface area contributed by atoms with Gasteiger partial charge < -0.3 is 14.9 Å². The second-order valence-corrected chi connectivity index (χ2v) is 8.14. The third kappa shape index (κ3) is 4.23. The van der Waals surface area contributed by atoms with Gasteiger partial charge in [-0.3, -0.25) is 15.1 Å². The molecule has 0 atom stereocenters. The van der Waals surface area contributed by atoms with Crippen molar-refractivity contribution in [2.24, 2.45) is 5.10 Å². The van der Waals surface area contributed by atoms with Crippen molar-refractivity contribution >= 4 is 34.7 Å². The van der Waals surface area contributed by atoms with Crippen LogP contribution in [0.4, 0.5) is 21.5 Å². The predicted octanol–water partition coefficient (Wildman–Crippen LogP) is 5.40. The van der Waals surface area contributed by atoms with Crippen LogP contribution >= 0.6 is 0 Å². The molecule has 1 heterocycles. The number of carboxylic acid groups (broad SMARTS) is 1. The van der Waals surface area contributed by atoms with E-state index >= 15 is 0 Å². The zero-order valence-corrected chi connectivity index (χ0v) is 19.5. The second kappa shape index (κ2) is 9.46. The number of fused-ring (bicyclic) bond motifs is 1. The van der Waals surface area contributed by atoms with Crippen LogP contribution in [-0.4, -0.2) is 34.9 Å². The van der Waals surface area contributed by atoms with Gasteiger partial charge in [-0.05, 0) is 42.0 Å². The SMILES string of the molecule is COc1ccc(N2C(=O)/C(=N\Nc3cccc(-c4cccc(C(=O)O)c4)c3O)c3ccccc32)cc1F. The van der Waals surface area contributed by atoms with Crippen LogP contribution in [0.25, 0.3) is 11.1 Å². The van der Waals surface area contributed by atoms with Crippen molar-refractivity contribution < 1.29 is 28.9 Å². The van der Waals surface area contributed by atoms with Crippen LogP contribution in [-0.2, 0) is 4.79 Å². The molecule has 9 heteroatoms. The summed E-state index contributed by atoms with van der Waals surface area (Å²) in [6.07, 6.45) is 0. The fraction of sp³-hybridized carbons (Fsp3) is 0.0357. The molecule has 0 radical (unpaired) electrons. The van der Waals surface area contributed by atoms with Crippen molar-refractivity contribution in [3.05, 3.63) is 102 Å². The van der Waals surface area contributed by atoms with E-state index in [4.69, 9.17) is 4.74 Å². The number of rotatable bonds is 6. The average Bonchev–Trinajstić information content (AvgIpc) is 3.19. The summed E-state index contributed by atoms with van der Waals surface area (Å²) in [5.74, 6) is -2.28. The lowest BCUT2D eigenvalue weighted by molar-refractivity contribution is -0.111. The number of halogens is 1. The number of aromatic carboxylic acids is 1. The van der Waals surface area contributed by atoms with Crippen LogP contribution in [0.15, 0.2) is 90.0 Å². The number of hydrazone groups is 1. The average molecular weight is 497 g/mol. The Morgan fingerprint density at radius 2 is 1.73 bits per heavy atom. The maximum absolute atomic E-state index is 14.4. The molecule has 0 bridgehead atoms. The van der Waals surface area contributed by atoms with E-state index in [1.54, 1.807) is 60.7 Å². The normalized spacial score (nSPS) is 13.5. The molecule has 0 spiro atoms. The Labute approximate surface area is 210 Å². The number of carboxylic acids is 1. The highest BCUT2D eigenvalue weighted by Crippen LogP contribution is 2.38. The molecule has 184 valence electrons. The lowest BCUT2D eigenvalue weighted by atomic mass is 10.0. The Morgan fingerprint density at radius 3 is 2.49 bits per heavy atom. The number of benzene rings is 4. The maximum Gasteiger partial charge on any atom is 0.335 e. The first kappa shape index (κ1) is 23.6. The number of ether oxygens (including phenoxy) is 1. The van der Waals surface area contributed by atoms with Crippen LogP contribution in [0, 0.1) is 5.82 Å². The molecule has 0 aliphatic carbocycles. The van der Waals surface area contributed by atoms with E-state index in [9.17, 15) is 24.2 Å². The van der Waals surface area contributed by atoms with Crippen LogP contribution in [0.1, 0.15) is 15.9 Å². The third-order valence-electron chi connectivity index (χ3n) is 5.94. The van der Waals surface area contributed by atoms with Crippen molar-refractivity contribution in [3.63, 3.8) is 0 Å². The first-order valence-electron chi connectivity index (χ1n) is 11.2. The predicted molar refractivity (Wildman–Crippen MR) is 137 cm³/mol. The van der Waals surface area contributed by atoms with Gasteiger partial charge in [-0.15, -0.1) is 0 Å². The van der Waals surface area contributed by atoms with Gasteiger partial charge in [0.1, 0.15) is 5.75 Å². The van der Waals surface area contributed by atoms with E-state index in [1.165, 1.54) is 36.3 Å². The minimum atomic E-state index is -1.08. The molecule has 3 N–H and O–H groups in total. The molecule has 1 aliphatic rings. The van der Waals surface area contributed by atoms with Gasteiger partial charge in [-0.2, -0.15) is 5.10 Å². The molecule has 5 rings (SSSR count). The van der Waals surface area contributed by atoms with Crippen LogP contribution in [0.3, 0.4) is 0 Å². The lowest BCUT2D eigenvalue weighted by Crippen LogP contribution is -2.26. The number of nitrogens with zero attached hydrogens (tertiary/aromatic N) is 2. The number of aromatic hydroxyl groups is 1. The van der Waals surface area contributed by atoms with Gasteiger partial charge in [0.05, 0.1) is 29.7 Å². The van der Waals surface area contributed by atoms with Crippen molar-refractivity contribution in [3.8, 4) is 22.6 Å². The number of phenolic OH excluding ortho intramolecular Hbond substituents is 1. The number of hydrogen-bond acceptors (Lipinski definition) is 6. The van der Waals surface area contributed by atoms with Crippen molar-refractivity contribution in [2.75, 3.05) is 17.4 Å². The van der Waals surface area contributed by atoms with Gasteiger partial charge in [0.25, 0.3) is 5.91 Å². The van der Waals surface area contributed by atoms with Crippen molar-refractivity contribution in [2.45, 2.75) is 0 Å². The van der Waals surface area contributed by atoms with E-state index in [2.05, 4.69) is 10.5 Å². The highest BCUT2D eigenvalue weighted by Gasteiger charge is 2.35. The smallest absolute Gasteiger partial charge is 0.335 e. The summed E-state index contributed by atoms with van der Waals surface area (Å²) in [5.41, 5.74) is 5.38. The molecule has 1 aliphatic heterocycles. The number of phenols is 1. The zero-order chi connectivity index (χ0) is 26.1. The fourth-order valence-corrected chi connectivity index (χ4v) is 4.16. The lowest BCUT2D eigenvalue weighted by Gasteiger charge is -2.17. The number of methoxy groups -OCH3 is 1. The molecule has 0 fully saturated rings. The van der Waals surface area contributed by atoms with E-state index in [-0.39, 0.29) is 28.5 Å². The van der Waals surface area contributed by atoms with Crippen LogP contribution in [0.5, 0.6) is 11.5 Å². The first-order chi connectivity index (χ1) is 17.9. The van der Waals surface area contributed by atoms with E-state index < -0.39 is 17.7 Å². The highest BCUT2D eigenvalue weighted by molar-refractivity contribution is 6.55. The van der Waals surface area contributed by atoms with E-state index in [0.717, 1.165) is 0 Å². The minimum absolute atomic E-state index is 0.0588. The van der Waals surface area contributed by atoms with Crippen molar-refractivity contribution in [1.82, 2.24) is 0 Å². The van der Waals surface area contributed by atoms with Crippen molar-refractivity contribution in [1.29, 1.82) is 0 Å². The van der Waals surface area contributed by atoms with Crippen LogP contribution in [0.2, 0.25) is 0 Å². The molecule has 4 aromatic rings. The van der Waals surface area contributed by atoms with Gasteiger partial charge in [0.2, 0.25) is 0 Å². The Balaban J connectivity index is 1.50. The van der Waals surface area contributed by atoms with Gasteiger partial charge in [-0.1, -0.05) is 42.5 Å². The summed E-state index contributed by atoms with van der Waals surface area (Å²) in [6, 6.07) is 22.3. The second-order valence-electron chi connectivity index (χ2n) is 8.14. The van der Waals surface area contributed by atoms with Gasteiger partial charge in [0.15, 0.2) is 17.3 Å². The number of nitrogens with one attached hydrogen (secondary N) is 1. The Morgan fingerprint density at radius 1 is 0.973 bits per heavy atom. The topological polar surface area (TPSA) is 111 Å². The molecule has 0 aromatic heterocycles. The summed E-state index contributed by atoms with van der Waals surface area (Å²) in [4.78, 5) is 26.1. The molecule has 0 saturated heterocycles. The number of para-hydroxylation sites is 2. The molecule has 0 unspecified atom stereocenters. The monoisotopic (exact) mass is 497 g/mol. The van der Waals surface area contributed by atoms with E-state index in [1.807, 2.05) is 0 Å². The molecule has 37 heavy (non-hydrogen) atoms. The van der Waals surface area contributed by atoms with Gasteiger partial charge in [-0.25, -0.2) is 9.18 Å². The minimum Gasteiger partial charge on any atom is -0.505 e. The van der Waals surface area contributed by atoms with E-state index in [0.29, 0.717) is 28.1 Å². The Kier molecular flexibility index (Phi) is 6.02. The first-order valence-corrected chi connectivity index (χ1v) is 11.2. The summed E-state index contributed by atoms with van der Waals surface area (Å²) < 4.78 is 19.4. The molecule has 8 nitrogen and oxygen atoms in total. The molecule has 0 saturated carbocycles. The summed E-state index contributed by atoms with van der Waals surface area (Å²) in [7, 11) is 1.36. The Bertz CT molecular complexity index is 1580. The summed E-state index contributed by atoms with van der Waals surface area (Å²) in [6.45, 7) is 0. The maximum atomic E-state index is 14.4. The van der Waals surface area contributed by atoms with Crippen LogP contribution < -0.4 is 15.1 Å². The standard InChI is InChI=1S/C28H20FN3O5/c1-37-24-13-12-18(15-21(24)29)32-23-11-3-2-8-20(23)25(27(32)34)31-30-22-10-5-9-19(26(22)33)16-6-4-7-17(14-16)28(35)36/h2-15,30,33H,1H3,(H,35,36)/b31-25-. The number of hydrogen-bond donors (Lipinski definition) is 3. The molecule has 1 amide bonds. The largest absolute Gasteiger partial charge is 0.505 e. The molecular weight excluding hydrogens is 477 g/mol. The molecular formula is C28H20FN3O5. The number of carbonyl (C=O) groups is 2. The van der Waals surface area contributed by atoms with Gasteiger partial charge >= 0.3 is 5.97 Å². The van der Waals surface area contributed by atoms with Gasteiger partial charge in [0, 0.05) is 17.2 Å². The summed E-state index contributed by atoms with van der Waals surface area (Å²) >= 11 is 0. The zero-order valence-electron chi connectivity index (χ0n) is 19.5. The number of amides is 1. The highest BCUT2D eigenvalue weighted by atomic mass is 19.1. The third-order valence-corrected chi connectivity index (χ3v) is 5.94.